The molecule has 0 radical (unpaired) electrons. The van der Waals surface area contributed by atoms with Crippen molar-refractivity contribution >= 4 is 50.8 Å². The van der Waals surface area contributed by atoms with Crippen LogP contribution in [0.2, 0.25) is 0 Å². The quantitative estimate of drug-likeness (QED) is 0.541. The van der Waals surface area contributed by atoms with E-state index in [4.69, 9.17) is 9.47 Å². The third-order valence-electron chi connectivity index (χ3n) is 5.01. The fourth-order valence-corrected chi connectivity index (χ4v) is 4.38. The molecule has 2 fully saturated rings. The van der Waals surface area contributed by atoms with Gasteiger partial charge in [-0.15, -0.1) is 0 Å². The summed E-state index contributed by atoms with van der Waals surface area (Å²) in [5.41, 5.74) is 1.77. The van der Waals surface area contributed by atoms with Gasteiger partial charge in [0, 0.05) is 17.6 Å². The van der Waals surface area contributed by atoms with E-state index >= 15 is 0 Å². The van der Waals surface area contributed by atoms with Crippen LogP contribution < -0.4 is 4.74 Å². The summed E-state index contributed by atoms with van der Waals surface area (Å²) in [4.78, 5) is 40.4. The summed E-state index contributed by atoms with van der Waals surface area (Å²) in [7, 11) is 0. The number of rotatable bonds is 6. The molecule has 0 atom stereocenters. The Labute approximate surface area is 198 Å². The third kappa shape index (κ3) is 5.59. The van der Waals surface area contributed by atoms with Gasteiger partial charge in [0.15, 0.2) is 0 Å². The van der Waals surface area contributed by atoms with Gasteiger partial charge in [-0.1, -0.05) is 40.2 Å². The number of thioether (sulfide) groups is 1. The predicted octanol–water partition coefficient (Wildman–Crippen LogP) is 3.92. The van der Waals surface area contributed by atoms with E-state index in [-0.39, 0.29) is 17.4 Å². The van der Waals surface area contributed by atoms with Crippen molar-refractivity contribution in [1.29, 1.82) is 0 Å². The van der Waals surface area contributed by atoms with Crippen LogP contribution in [0.5, 0.6) is 5.75 Å². The molecular weight excluding hydrogens is 496 g/mol. The molecule has 2 saturated heterocycles. The lowest BCUT2D eigenvalue weighted by molar-refractivity contribution is -0.139. The highest BCUT2D eigenvalue weighted by atomic mass is 79.9. The topological polar surface area (TPSA) is 76.2 Å². The number of amides is 3. The maximum atomic E-state index is 12.7. The molecule has 0 bridgehead atoms. The molecule has 0 spiro atoms. The molecule has 2 heterocycles. The molecule has 0 N–H and O–H groups in total. The molecule has 0 unspecified atom stereocenters. The van der Waals surface area contributed by atoms with Gasteiger partial charge in [0.2, 0.25) is 5.91 Å². The predicted molar refractivity (Wildman–Crippen MR) is 125 cm³/mol. The van der Waals surface area contributed by atoms with Gasteiger partial charge in [-0.2, -0.15) is 0 Å². The van der Waals surface area contributed by atoms with Gasteiger partial charge in [0.1, 0.15) is 18.9 Å². The molecule has 32 heavy (non-hydrogen) atoms. The molecule has 0 saturated carbocycles. The highest BCUT2D eigenvalue weighted by molar-refractivity contribution is 9.10. The molecule has 9 heteroatoms. The first-order valence-electron chi connectivity index (χ1n) is 10.1. The van der Waals surface area contributed by atoms with Gasteiger partial charge < -0.3 is 14.4 Å². The van der Waals surface area contributed by atoms with Gasteiger partial charge in [-0.25, -0.2) is 0 Å². The maximum absolute atomic E-state index is 12.7. The van der Waals surface area contributed by atoms with Gasteiger partial charge in [-0.05, 0) is 53.2 Å². The van der Waals surface area contributed by atoms with Crippen LogP contribution in [0.1, 0.15) is 11.1 Å². The van der Waals surface area contributed by atoms with E-state index in [0.29, 0.717) is 38.7 Å². The second-order valence-corrected chi connectivity index (χ2v) is 9.16. The Kier molecular flexibility index (Phi) is 7.29. The summed E-state index contributed by atoms with van der Waals surface area (Å²) in [6.07, 6.45) is 1.65. The van der Waals surface area contributed by atoms with Gasteiger partial charge in [0.05, 0.1) is 18.1 Å². The van der Waals surface area contributed by atoms with Crippen molar-refractivity contribution in [2.75, 3.05) is 32.8 Å². The smallest absolute Gasteiger partial charge is 0.294 e. The molecule has 2 aromatic rings. The lowest BCUT2D eigenvalue weighted by Crippen LogP contribution is -2.46. The fourth-order valence-electron chi connectivity index (χ4n) is 3.28. The monoisotopic (exact) mass is 516 g/mol. The minimum absolute atomic E-state index is 0.250. The van der Waals surface area contributed by atoms with E-state index in [9.17, 15) is 14.4 Å². The summed E-state index contributed by atoms with van der Waals surface area (Å²) < 4.78 is 12.1. The number of benzene rings is 2. The molecule has 2 aliphatic rings. The Morgan fingerprint density at radius 1 is 1.12 bits per heavy atom. The normalized spacial score (nSPS) is 17.8. The highest BCUT2D eigenvalue weighted by Crippen LogP contribution is 2.32. The number of hydrogen-bond acceptors (Lipinski definition) is 6. The van der Waals surface area contributed by atoms with E-state index in [1.807, 2.05) is 48.5 Å². The number of halogens is 1. The van der Waals surface area contributed by atoms with E-state index in [1.165, 1.54) is 0 Å². The van der Waals surface area contributed by atoms with Crippen LogP contribution in [0.4, 0.5) is 4.79 Å². The average Bonchev–Trinajstić information content (AvgIpc) is 3.07. The van der Waals surface area contributed by atoms with Gasteiger partial charge in [-0.3, -0.25) is 19.3 Å². The van der Waals surface area contributed by atoms with Crippen LogP contribution in [0.25, 0.3) is 6.08 Å². The Morgan fingerprint density at radius 3 is 2.62 bits per heavy atom. The third-order valence-corrected chi connectivity index (χ3v) is 6.44. The summed E-state index contributed by atoms with van der Waals surface area (Å²) in [5.74, 6) is -0.0497. The molecular formula is C23H21BrN2O5S. The fraction of sp³-hybridized carbons (Fsp3) is 0.261. The van der Waals surface area contributed by atoms with Crippen molar-refractivity contribution in [3.05, 3.63) is 69.0 Å². The minimum Gasteiger partial charge on any atom is -0.489 e. The lowest BCUT2D eigenvalue weighted by Gasteiger charge is -2.28. The van der Waals surface area contributed by atoms with Crippen molar-refractivity contribution < 1.29 is 23.9 Å². The molecule has 3 amide bonds. The second kappa shape index (κ2) is 10.3. The molecule has 7 nitrogen and oxygen atoms in total. The number of ether oxygens (including phenoxy) is 2. The Morgan fingerprint density at radius 2 is 1.88 bits per heavy atom. The summed E-state index contributed by atoms with van der Waals surface area (Å²) in [6.45, 7) is 2.03. The van der Waals surface area contributed by atoms with E-state index in [0.717, 1.165) is 32.3 Å². The number of morpholine rings is 1. The van der Waals surface area contributed by atoms with Crippen molar-refractivity contribution in [2.45, 2.75) is 6.61 Å². The molecule has 4 rings (SSSR count). The zero-order valence-corrected chi connectivity index (χ0v) is 19.6. The van der Waals surface area contributed by atoms with Crippen molar-refractivity contribution in [3.8, 4) is 5.75 Å². The first kappa shape index (κ1) is 22.6. The van der Waals surface area contributed by atoms with Crippen LogP contribution in [0.15, 0.2) is 57.9 Å². The Hall–Kier alpha value is -2.62. The zero-order valence-electron chi connectivity index (χ0n) is 17.2. The molecule has 2 aliphatic heterocycles. The average molecular weight is 517 g/mol. The van der Waals surface area contributed by atoms with Gasteiger partial charge in [0.25, 0.3) is 11.1 Å². The number of hydrogen-bond donors (Lipinski definition) is 0. The molecule has 0 aliphatic carbocycles. The number of nitrogens with zero attached hydrogens (tertiary/aromatic N) is 2. The second-order valence-electron chi connectivity index (χ2n) is 7.25. The van der Waals surface area contributed by atoms with Crippen molar-refractivity contribution in [1.82, 2.24) is 9.80 Å². The number of carbonyl (C=O) groups excluding carboxylic acids is 3. The molecule has 2 aromatic carbocycles. The van der Waals surface area contributed by atoms with Crippen LogP contribution in [0, 0.1) is 0 Å². The van der Waals surface area contributed by atoms with Crippen LogP contribution in [-0.4, -0.2) is 59.7 Å². The van der Waals surface area contributed by atoms with Crippen LogP contribution in [0.3, 0.4) is 0 Å². The first-order valence-corrected chi connectivity index (χ1v) is 11.7. The summed E-state index contributed by atoms with van der Waals surface area (Å²) >= 11 is 4.25. The zero-order chi connectivity index (χ0) is 22.5. The maximum Gasteiger partial charge on any atom is 0.294 e. The van der Waals surface area contributed by atoms with Crippen LogP contribution >= 0.6 is 27.7 Å². The standard InChI is InChI=1S/C23H21BrN2O5S/c24-18-6-4-16(5-7-18)15-31-19-3-1-2-17(12-19)13-20-22(28)26(23(29)32-20)14-21(27)25-8-10-30-11-9-25/h1-7,12-13H,8-11,14-15H2/b20-13-. The highest BCUT2D eigenvalue weighted by Gasteiger charge is 2.37. The van der Waals surface area contributed by atoms with Crippen molar-refractivity contribution in [2.24, 2.45) is 0 Å². The van der Waals surface area contributed by atoms with Crippen LogP contribution in [-0.2, 0) is 20.9 Å². The minimum atomic E-state index is -0.456. The lowest BCUT2D eigenvalue weighted by atomic mass is 10.2. The van der Waals surface area contributed by atoms with E-state index in [1.54, 1.807) is 11.0 Å². The van der Waals surface area contributed by atoms with E-state index in [2.05, 4.69) is 15.9 Å². The SMILES string of the molecule is O=C(CN1C(=O)S/C(=C\c2cccc(OCc3ccc(Br)cc3)c2)C1=O)N1CCOCC1. The Balaban J connectivity index is 1.40. The Bertz CT molecular complexity index is 1050. The number of carbonyl (C=O) groups is 3. The van der Waals surface area contributed by atoms with E-state index < -0.39 is 11.1 Å². The van der Waals surface area contributed by atoms with Crippen molar-refractivity contribution in [3.63, 3.8) is 0 Å². The summed E-state index contributed by atoms with van der Waals surface area (Å²) in [5, 5.41) is -0.439. The molecule has 166 valence electrons. The summed E-state index contributed by atoms with van der Waals surface area (Å²) in [6, 6.07) is 15.2. The van der Waals surface area contributed by atoms with Gasteiger partial charge >= 0.3 is 0 Å². The molecule has 0 aromatic heterocycles. The first-order chi connectivity index (χ1) is 15.5. The largest absolute Gasteiger partial charge is 0.489 e. The number of imide groups is 1.